The van der Waals surface area contributed by atoms with E-state index >= 15 is 0 Å². The zero-order valence-corrected chi connectivity index (χ0v) is 12.4. The number of carbonyl (C=O) groups excluding carboxylic acids is 1. The van der Waals surface area contributed by atoms with Gasteiger partial charge < -0.3 is 15.0 Å². The van der Waals surface area contributed by atoms with Gasteiger partial charge in [-0.2, -0.15) is 0 Å². The van der Waals surface area contributed by atoms with Crippen molar-refractivity contribution in [1.29, 1.82) is 0 Å². The van der Waals surface area contributed by atoms with Crippen LogP contribution in [-0.4, -0.2) is 48.2 Å². The van der Waals surface area contributed by atoms with E-state index in [1.807, 2.05) is 11.8 Å². The Morgan fingerprint density at radius 3 is 2.67 bits per heavy atom. The van der Waals surface area contributed by atoms with Gasteiger partial charge >= 0.3 is 0 Å². The maximum absolute atomic E-state index is 12.4. The lowest BCUT2D eigenvalue weighted by Gasteiger charge is -2.43. The highest BCUT2D eigenvalue weighted by atomic mass is 35.5. The first-order valence-corrected chi connectivity index (χ1v) is 6.68. The minimum Gasteiger partial charge on any atom is -0.369 e. The maximum atomic E-state index is 12.4. The number of carbonyl (C=O) groups is 1. The summed E-state index contributed by atoms with van der Waals surface area (Å²) in [5, 5.41) is 3.33. The molecule has 1 N–H and O–H groups in total. The molecule has 106 valence electrons. The standard InChI is InChI=1S/C13H24N2O2.ClH/c1-10-8-15(9-13(2,3)17-10)12(16)11-6-4-5-7-14-11;/h10-11,14H,4-9H2,1-3H3;1H/t10?,11-;/m0./s1. The van der Waals surface area contributed by atoms with Gasteiger partial charge in [0, 0.05) is 13.1 Å². The van der Waals surface area contributed by atoms with E-state index in [0.29, 0.717) is 6.54 Å². The number of piperidine rings is 1. The predicted molar refractivity (Wildman–Crippen MR) is 74.1 cm³/mol. The highest BCUT2D eigenvalue weighted by molar-refractivity contribution is 5.85. The quantitative estimate of drug-likeness (QED) is 0.791. The van der Waals surface area contributed by atoms with E-state index in [4.69, 9.17) is 4.74 Å². The number of hydrogen-bond acceptors (Lipinski definition) is 3. The number of nitrogens with zero attached hydrogens (tertiary/aromatic N) is 1. The third-order valence-electron chi connectivity index (χ3n) is 3.49. The number of hydrogen-bond donors (Lipinski definition) is 1. The third kappa shape index (κ3) is 3.84. The molecule has 0 spiro atoms. The average Bonchev–Trinajstić information content (AvgIpc) is 2.26. The van der Waals surface area contributed by atoms with Gasteiger partial charge in [-0.25, -0.2) is 0 Å². The fraction of sp³-hybridized carbons (Fsp3) is 0.923. The zero-order valence-electron chi connectivity index (χ0n) is 11.6. The lowest BCUT2D eigenvalue weighted by Crippen LogP contribution is -2.58. The summed E-state index contributed by atoms with van der Waals surface area (Å²) in [5.41, 5.74) is -0.220. The van der Waals surface area contributed by atoms with Crippen molar-refractivity contribution >= 4 is 18.3 Å². The Balaban J connectivity index is 0.00000162. The van der Waals surface area contributed by atoms with Gasteiger partial charge in [0.1, 0.15) is 0 Å². The number of ether oxygens (including phenoxy) is 1. The molecule has 4 nitrogen and oxygen atoms in total. The van der Waals surface area contributed by atoms with E-state index < -0.39 is 0 Å². The molecule has 2 saturated heterocycles. The van der Waals surface area contributed by atoms with Crippen LogP contribution in [0.15, 0.2) is 0 Å². The molecule has 5 heteroatoms. The van der Waals surface area contributed by atoms with Crippen LogP contribution in [0.1, 0.15) is 40.0 Å². The van der Waals surface area contributed by atoms with Crippen molar-refractivity contribution in [3.8, 4) is 0 Å². The van der Waals surface area contributed by atoms with Gasteiger partial charge in [0.05, 0.1) is 17.7 Å². The summed E-state index contributed by atoms with van der Waals surface area (Å²) in [6.07, 6.45) is 3.46. The average molecular weight is 277 g/mol. The summed E-state index contributed by atoms with van der Waals surface area (Å²) in [7, 11) is 0. The van der Waals surface area contributed by atoms with Crippen LogP contribution in [0.4, 0.5) is 0 Å². The Kier molecular flexibility index (Phi) is 5.44. The van der Waals surface area contributed by atoms with E-state index in [2.05, 4.69) is 19.2 Å². The molecule has 0 aromatic heterocycles. The van der Waals surface area contributed by atoms with Gasteiger partial charge in [-0.3, -0.25) is 4.79 Å². The summed E-state index contributed by atoms with van der Waals surface area (Å²) in [6.45, 7) is 8.54. The molecular formula is C13H25ClN2O2. The first-order valence-electron chi connectivity index (χ1n) is 6.68. The van der Waals surface area contributed by atoms with Crippen molar-refractivity contribution in [1.82, 2.24) is 10.2 Å². The third-order valence-corrected chi connectivity index (χ3v) is 3.49. The predicted octanol–water partition coefficient (Wildman–Crippen LogP) is 1.58. The molecule has 2 fully saturated rings. The van der Waals surface area contributed by atoms with Crippen molar-refractivity contribution in [2.24, 2.45) is 0 Å². The Morgan fingerprint density at radius 2 is 2.11 bits per heavy atom. The van der Waals surface area contributed by atoms with Crippen molar-refractivity contribution in [2.75, 3.05) is 19.6 Å². The van der Waals surface area contributed by atoms with Crippen LogP contribution < -0.4 is 5.32 Å². The number of nitrogens with one attached hydrogen (secondary N) is 1. The second kappa shape index (κ2) is 6.22. The SMILES string of the molecule is CC1CN(C(=O)[C@@H]2CCCCN2)CC(C)(C)O1.Cl. The monoisotopic (exact) mass is 276 g/mol. The minimum atomic E-state index is -0.220. The number of rotatable bonds is 1. The molecule has 18 heavy (non-hydrogen) atoms. The number of halogens is 1. The summed E-state index contributed by atoms with van der Waals surface area (Å²) >= 11 is 0. The van der Waals surface area contributed by atoms with Gasteiger partial charge in [-0.15, -0.1) is 12.4 Å². The van der Waals surface area contributed by atoms with Gasteiger partial charge in [-0.05, 0) is 40.2 Å². The van der Waals surface area contributed by atoms with E-state index in [-0.39, 0.29) is 36.1 Å². The normalized spacial score (nSPS) is 31.6. The van der Waals surface area contributed by atoms with Crippen LogP contribution in [0.25, 0.3) is 0 Å². The smallest absolute Gasteiger partial charge is 0.239 e. The summed E-state index contributed by atoms with van der Waals surface area (Å²) in [6, 6.07) is 0.0323. The molecule has 1 unspecified atom stereocenters. The lowest BCUT2D eigenvalue weighted by molar-refractivity contribution is -0.160. The lowest BCUT2D eigenvalue weighted by atomic mass is 10.0. The molecule has 0 aromatic carbocycles. The Morgan fingerprint density at radius 1 is 1.39 bits per heavy atom. The maximum Gasteiger partial charge on any atom is 0.239 e. The van der Waals surface area contributed by atoms with Crippen LogP contribution in [-0.2, 0) is 9.53 Å². The topological polar surface area (TPSA) is 41.6 Å². The number of morpholine rings is 1. The van der Waals surface area contributed by atoms with Crippen molar-refractivity contribution in [3.05, 3.63) is 0 Å². The Hall–Kier alpha value is -0.320. The van der Waals surface area contributed by atoms with Crippen molar-refractivity contribution in [3.63, 3.8) is 0 Å². The fourth-order valence-corrected chi connectivity index (χ4v) is 2.90. The molecule has 1 amide bonds. The first-order chi connectivity index (χ1) is 7.98. The van der Waals surface area contributed by atoms with E-state index in [9.17, 15) is 4.79 Å². The van der Waals surface area contributed by atoms with E-state index in [1.165, 1.54) is 6.42 Å². The molecule has 2 heterocycles. The zero-order chi connectivity index (χ0) is 12.5. The van der Waals surface area contributed by atoms with Crippen LogP contribution >= 0.6 is 12.4 Å². The van der Waals surface area contributed by atoms with Gasteiger partial charge in [0.2, 0.25) is 5.91 Å². The minimum absolute atomic E-state index is 0. The van der Waals surface area contributed by atoms with Crippen LogP contribution in [0.3, 0.4) is 0 Å². The second-order valence-corrected chi connectivity index (χ2v) is 5.91. The van der Waals surface area contributed by atoms with Crippen molar-refractivity contribution in [2.45, 2.75) is 57.8 Å². The molecule has 0 aliphatic carbocycles. The molecule has 2 aliphatic heterocycles. The van der Waals surface area contributed by atoms with Gasteiger partial charge in [0.15, 0.2) is 0 Å². The largest absolute Gasteiger partial charge is 0.369 e. The van der Waals surface area contributed by atoms with E-state index in [1.54, 1.807) is 0 Å². The molecule has 0 bridgehead atoms. The second-order valence-electron chi connectivity index (χ2n) is 5.91. The highest BCUT2D eigenvalue weighted by Crippen LogP contribution is 2.22. The molecule has 2 aliphatic rings. The molecule has 2 rings (SSSR count). The Bertz CT molecular complexity index is 291. The highest BCUT2D eigenvalue weighted by Gasteiger charge is 2.36. The molecule has 0 aromatic rings. The molecular weight excluding hydrogens is 252 g/mol. The molecule has 0 radical (unpaired) electrons. The Labute approximate surface area is 116 Å². The van der Waals surface area contributed by atoms with Crippen molar-refractivity contribution < 1.29 is 9.53 Å². The molecule has 2 atom stereocenters. The number of amides is 1. The molecule has 0 saturated carbocycles. The first kappa shape index (κ1) is 15.7. The van der Waals surface area contributed by atoms with Crippen LogP contribution in [0.5, 0.6) is 0 Å². The fourth-order valence-electron chi connectivity index (χ4n) is 2.90. The van der Waals surface area contributed by atoms with Crippen LogP contribution in [0.2, 0.25) is 0 Å². The summed E-state index contributed by atoms with van der Waals surface area (Å²) < 4.78 is 5.83. The van der Waals surface area contributed by atoms with Gasteiger partial charge in [0.25, 0.3) is 0 Å². The summed E-state index contributed by atoms with van der Waals surface area (Å²) in [4.78, 5) is 14.4. The van der Waals surface area contributed by atoms with Crippen LogP contribution in [0, 0.1) is 0 Å². The van der Waals surface area contributed by atoms with Gasteiger partial charge in [-0.1, -0.05) is 6.42 Å². The van der Waals surface area contributed by atoms with E-state index in [0.717, 1.165) is 25.9 Å². The summed E-state index contributed by atoms with van der Waals surface area (Å²) in [5.74, 6) is 0.257.